The van der Waals surface area contributed by atoms with Crippen molar-refractivity contribution >= 4 is 28.4 Å². The first-order chi connectivity index (χ1) is 14.7. The Balaban J connectivity index is 1.68. The lowest BCUT2D eigenvalue weighted by Crippen LogP contribution is -2.23. The summed E-state index contributed by atoms with van der Waals surface area (Å²) in [5, 5.41) is 14.3. The molecule has 0 aliphatic rings. The molecule has 0 saturated carbocycles. The van der Waals surface area contributed by atoms with Crippen LogP contribution in [0.15, 0.2) is 70.6 Å². The molecule has 0 radical (unpaired) electrons. The smallest absolute Gasteiger partial charge is 0.446 e. The number of thioether (sulfide) groups is 1. The fourth-order valence-corrected chi connectivity index (χ4v) is 3.85. The Morgan fingerprint density at radius 3 is 2.55 bits per heavy atom. The molecule has 2 heterocycles. The van der Waals surface area contributed by atoms with Crippen LogP contribution in [0.5, 0.6) is 5.88 Å². The molecule has 0 aliphatic carbocycles. The van der Waals surface area contributed by atoms with Gasteiger partial charge >= 0.3 is 11.2 Å². The van der Waals surface area contributed by atoms with Gasteiger partial charge in [-0.3, -0.25) is 9.55 Å². The van der Waals surface area contributed by atoms with Crippen molar-refractivity contribution in [1.29, 1.82) is 0 Å². The molecule has 31 heavy (non-hydrogen) atoms. The molecule has 6 nitrogen and oxygen atoms in total. The molecule has 2 N–H and O–H groups in total. The van der Waals surface area contributed by atoms with Crippen molar-refractivity contribution in [2.24, 2.45) is 0 Å². The second-order valence-electron chi connectivity index (χ2n) is 6.73. The van der Waals surface area contributed by atoms with Crippen LogP contribution in [0.25, 0.3) is 16.6 Å². The quantitative estimate of drug-likeness (QED) is 0.439. The van der Waals surface area contributed by atoms with E-state index in [2.05, 4.69) is 10.3 Å². The van der Waals surface area contributed by atoms with Crippen molar-refractivity contribution in [3.8, 4) is 11.6 Å². The molecule has 2 aromatic heterocycles. The third-order valence-corrected chi connectivity index (χ3v) is 5.47. The third-order valence-electron chi connectivity index (χ3n) is 4.73. The Labute approximate surface area is 179 Å². The molecule has 0 unspecified atom stereocenters. The zero-order valence-corrected chi connectivity index (χ0v) is 17.0. The number of aromatic nitrogens is 3. The van der Waals surface area contributed by atoms with E-state index in [4.69, 9.17) is 0 Å². The molecule has 0 bridgehead atoms. The van der Waals surface area contributed by atoms with Gasteiger partial charge in [-0.1, -0.05) is 0 Å². The van der Waals surface area contributed by atoms with Gasteiger partial charge in [0.05, 0.1) is 23.9 Å². The molecule has 0 fully saturated rings. The molecule has 0 saturated heterocycles. The van der Waals surface area contributed by atoms with Crippen LogP contribution < -0.4 is 11.0 Å². The zero-order valence-electron chi connectivity index (χ0n) is 16.2. The van der Waals surface area contributed by atoms with Crippen molar-refractivity contribution < 1.29 is 18.3 Å². The first-order valence-corrected chi connectivity index (χ1v) is 9.99. The maximum absolute atomic E-state index is 12.9. The molecule has 10 heteroatoms. The SMILES string of the molecule is CNc1ccc2nccc(Cn3cc(O)n(-c4ccc(SC(F)(F)F)cc4)c3=O)c2c1. The summed E-state index contributed by atoms with van der Waals surface area (Å²) in [6, 6.07) is 12.7. The number of fused-ring (bicyclic) bond motifs is 1. The average molecular weight is 446 g/mol. The number of nitrogens with one attached hydrogen (secondary N) is 1. The molecule has 4 aromatic rings. The average Bonchev–Trinajstić information content (AvgIpc) is 3.00. The molecule has 0 spiro atoms. The van der Waals surface area contributed by atoms with Gasteiger partial charge in [0, 0.05) is 29.2 Å². The van der Waals surface area contributed by atoms with Crippen LogP contribution in [-0.4, -0.2) is 31.8 Å². The number of anilines is 1. The Kier molecular flexibility index (Phi) is 5.40. The number of pyridine rings is 1. The monoisotopic (exact) mass is 446 g/mol. The second-order valence-corrected chi connectivity index (χ2v) is 7.87. The van der Waals surface area contributed by atoms with Gasteiger partial charge in [0.1, 0.15) is 0 Å². The maximum atomic E-state index is 12.9. The van der Waals surface area contributed by atoms with Gasteiger partial charge in [0.25, 0.3) is 0 Å². The topological polar surface area (TPSA) is 72.1 Å². The van der Waals surface area contributed by atoms with Crippen LogP contribution in [0.4, 0.5) is 18.9 Å². The first kappa shape index (κ1) is 20.9. The number of benzene rings is 2. The summed E-state index contributed by atoms with van der Waals surface area (Å²) in [4.78, 5) is 17.2. The predicted octanol–water partition coefficient (Wildman–Crippen LogP) is 4.59. The van der Waals surface area contributed by atoms with Crippen LogP contribution in [0, 0.1) is 0 Å². The van der Waals surface area contributed by atoms with Gasteiger partial charge in [0.2, 0.25) is 5.88 Å². The van der Waals surface area contributed by atoms with E-state index < -0.39 is 11.2 Å². The summed E-state index contributed by atoms with van der Waals surface area (Å²) in [7, 11) is 1.80. The summed E-state index contributed by atoms with van der Waals surface area (Å²) in [6.45, 7) is 0.188. The lowest BCUT2D eigenvalue weighted by Gasteiger charge is -2.09. The summed E-state index contributed by atoms with van der Waals surface area (Å²) >= 11 is -0.242. The number of nitrogens with zero attached hydrogens (tertiary/aromatic N) is 3. The summed E-state index contributed by atoms with van der Waals surface area (Å²) in [6.07, 6.45) is 2.95. The van der Waals surface area contributed by atoms with Gasteiger partial charge in [-0.15, -0.1) is 0 Å². The number of rotatable bonds is 5. The number of alkyl halides is 3. The molecular weight excluding hydrogens is 429 g/mol. The number of hydrogen-bond donors (Lipinski definition) is 2. The Morgan fingerprint density at radius 1 is 1.13 bits per heavy atom. The minimum absolute atomic E-state index is 0.00758. The first-order valence-electron chi connectivity index (χ1n) is 9.18. The van der Waals surface area contributed by atoms with Gasteiger partial charge in [-0.25, -0.2) is 9.36 Å². The van der Waals surface area contributed by atoms with Crippen LogP contribution in [-0.2, 0) is 6.54 Å². The summed E-state index contributed by atoms with van der Waals surface area (Å²) in [5.41, 5.74) is -2.14. The molecule has 0 atom stereocenters. The third kappa shape index (κ3) is 4.38. The largest absolute Gasteiger partial charge is 0.493 e. The van der Waals surface area contributed by atoms with Gasteiger partial charge < -0.3 is 10.4 Å². The van der Waals surface area contributed by atoms with E-state index in [9.17, 15) is 23.1 Å². The molecule has 0 amide bonds. The molecule has 0 aliphatic heterocycles. The van der Waals surface area contributed by atoms with E-state index in [-0.39, 0.29) is 34.8 Å². The highest BCUT2D eigenvalue weighted by atomic mass is 32.2. The number of halogens is 3. The number of imidazole rings is 1. The normalized spacial score (nSPS) is 11.7. The van der Waals surface area contributed by atoms with Crippen molar-refractivity contribution in [1.82, 2.24) is 14.1 Å². The van der Waals surface area contributed by atoms with Crippen LogP contribution in [0.1, 0.15) is 5.56 Å². The summed E-state index contributed by atoms with van der Waals surface area (Å²) < 4.78 is 39.9. The Bertz CT molecular complexity index is 1300. The van der Waals surface area contributed by atoms with Crippen molar-refractivity contribution in [3.05, 3.63) is 77.0 Å². The number of hydrogen-bond acceptors (Lipinski definition) is 5. The lowest BCUT2D eigenvalue weighted by atomic mass is 10.1. The Morgan fingerprint density at radius 2 is 1.87 bits per heavy atom. The van der Waals surface area contributed by atoms with Crippen molar-refractivity contribution in [3.63, 3.8) is 0 Å². The molecule has 4 rings (SSSR count). The highest BCUT2D eigenvalue weighted by Gasteiger charge is 2.29. The fraction of sp³-hybridized carbons (Fsp3) is 0.143. The van der Waals surface area contributed by atoms with E-state index in [1.54, 1.807) is 19.3 Å². The van der Waals surface area contributed by atoms with E-state index >= 15 is 0 Å². The lowest BCUT2D eigenvalue weighted by molar-refractivity contribution is -0.0328. The Hall–Kier alpha value is -3.40. The fourth-order valence-electron chi connectivity index (χ4n) is 3.31. The van der Waals surface area contributed by atoms with Crippen molar-refractivity contribution in [2.75, 3.05) is 12.4 Å². The molecule has 160 valence electrons. The maximum Gasteiger partial charge on any atom is 0.446 e. The van der Waals surface area contributed by atoms with Crippen LogP contribution in [0.2, 0.25) is 0 Å². The minimum atomic E-state index is -4.40. The minimum Gasteiger partial charge on any atom is -0.493 e. The highest BCUT2D eigenvalue weighted by Crippen LogP contribution is 2.37. The van der Waals surface area contributed by atoms with E-state index in [0.717, 1.165) is 26.7 Å². The van der Waals surface area contributed by atoms with E-state index in [1.165, 1.54) is 35.0 Å². The molecular formula is C21H17F3N4O2S. The second kappa shape index (κ2) is 8.03. The zero-order chi connectivity index (χ0) is 22.2. The van der Waals surface area contributed by atoms with E-state index in [0.29, 0.717) is 0 Å². The van der Waals surface area contributed by atoms with Crippen LogP contribution in [0.3, 0.4) is 0 Å². The van der Waals surface area contributed by atoms with Gasteiger partial charge in [-0.05, 0) is 65.9 Å². The van der Waals surface area contributed by atoms with Gasteiger partial charge in [0.15, 0.2) is 0 Å². The standard InChI is InChI=1S/C21H17F3N4O2S/c1-25-14-2-7-18-17(10-14)13(8-9-26-18)11-27-12-19(29)28(20(27)30)15-3-5-16(6-4-15)31-21(22,23)24/h2-10,12,25,29H,11H2,1H3. The van der Waals surface area contributed by atoms with Gasteiger partial charge in [-0.2, -0.15) is 13.2 Å². The van der Waals surface area contributed by atoms with Crippen LogP contribution >= 0.6 is 11.8 Å². The highest BCUT2D eigenvalue weighted by molar-refractivity contribution is 8.00. The molecule has 2 aromatic carbocycles. The van der Waals surface area contributed by atoms with Crippen molar-refractivity contribution in [2.45, 2.75) is 16.9 Å². The summed E-state index contributed by atoms with van der Waals surface area (Å²) in [5.74, 6) is -0.310. The number of aromatic hydroxyl groups is 1. The van der Waals surface area contributed by atoms with E-state index in [1.807, 2.05) is 18.2 Å². The predicted molar refractivity (Wildman–Crippen MR) is 114 cm³/mol.